The molecule has 2 N–H and O–H groups in total. The lowest BCUT2D eigenvalue weighted by Crippen LogP contribution is -2.33. The van der Waals surface area contributed by atoms with Crippen molar-refractivity contribution in [3.8, 4) is 0 Å². The first kappa shape index (κ1) is 10.0. The van der Waals surface area contributed by atoms with Gasteiger partial charge in [-0.15, -0.1) is 0 Å². The molecular weight excluding hydrogens is 146 g/mol. The Morgan fingerprint density at radius 2 is 1.67 bits per heavy atom. The first-order chi connectivity index (χ1) is 5.37. The fraction of sp³-hybridized carbons (Fsp3) is 1.00. The second-order valence-corrected chi connectivity index (χ2v) is 5.87. The minimum absolute atomic E-state index is 0.415. The third kappa shape index (κ3) is 2.48. The maximum absolute atomic E-state index is 5.86. The molecule has 1 atom stereocenters. The van der Waals surface area contributed by atoms with Crippen molar-refractivity contribution in [2.24, 2.45) is 22.5 Å². The predicted octanol–water partition coefficient (Wildman–Crippen LogP) is 2.80. The molecule has 0 aliphatic heterocycles. The first-order valence-electron chi connectivity index (χ1n) is 5.07. The molecule has 0 heterocycles. The van der Waals surface area contributed by atoms with Gasteiger partial charge in [0.1, 0.15) is 0 Å². The third-order valence-electron chi connectivity index (χ3n) is 2.96. The fourth-order valence-electron chi connectivity index (χ4n) is 2.37. The molecule has 1 fully saturated rings. The summed E-state index contributed by atoms with van der Waals surface area (Å²) in [6, 6.07) is 0. The summed E-state index contributed by atoms with van der Waals surface area (Å²) in [6.07, 6.45) is 4.08. The predicted molar refractivity (Wildman–Crippen MR) is 54.0 cm³/mol. The van der Waals surface area contributed by atoms with Crippen molar-refractivity contribution >= 4 is 0 Å². The van der Waals surface area contributed by atoms with Crippen LogP contribution in [0.25, 0.3) is 0 Å². The van der Waals surface area contributed by atoms with E-state index in [2.05, 4.69) is 27.7 Å². The van der Waals surface area contributed by atoms with E-state index in [0.717, 1.165) is 12.5 Å². The van der Waals surface area contributed by atoms with Gasteiger partial charge < -0.3 is 5.73 Å². The van der Waals surface area contributed by atoms with E-state index in [-0.39, 0.29) is 0 Å². The van der Waals surface area contributed by atoms with E-state index >= 15 is 0 Å². The van der Waals surface area contributed by atoms with Gasteiger partial charge in [-0.2, -0.15) is 0 Å². The normalized spacial score (nSPS) is 23.8. The van der Waals surface area contributed by atoms with E-state index in [1.54, 1.807) is 0 Å². The van der Waals surface area contributed by atoms with Crippen molar-refractivity contribution < 1.29 is 0 Å². The van der Waals surface area contributed by atoms with Crippen LogP contribution in [0.15, 0.2) is 0 Å². The molecule has 0 saturated heterocycles. The summed E-state index contributed by atoms with van der Waals surface area (Å²) in [7, 11) is 0. The topological polar surface area (TPSA) is 26.0 Å². The van der Waals surface area contributed by atoms with Crippen LogP contribution < -0.4 is 5.73 Å². The van der Waals surface area contributed by atoms with Crippen molar-refractivity contribution in [3.05, 3.63) is 0 Å². The van der Waals surface area contributed by atoms with Crippen LogP contribution in [0, 0.1) is 16.7 Å². The van der Waals surface area contributed by atoms with E-state index in [4.69, 9.17) is 5.73 Å². The van der Waals surface area contributed by atoms with E-state index in [1.165, 1.54) is 19.3 Å². The van der Waals surface area contributed by atoms with E-state index < -0.39 is 0 Å². The summed E-state index contributed by atoms with van der Waals surface area (Å²) in [5, 5.41) is 0. The molecule has 0 amide bonds. The Morgan fingerprint density at radius 3 is 1.92 bits per heavy atom. The minimum atomic E-state index is 0.415. The summed E-state index contributed by atoms with van der Waals surface area (Å²) in [5.74, 6) is 0.918. The highest BCUT2D eigenvalue weighted by molar-refractivity contribution is 4.93. The SMILES string of the molecule is CC(C)(C)CC(C)(CN)C1CC1. The lowest BCUT2D eigenvalue weighted by molar-refractivity contribution is 0.170. The zero-order valence-corrected chi connectivity index (χ0v) is 8.98. The highest BCUT2D eigenvalue weighted by Gasteiger charge is 2.42. The highest BCUT2D eigenvalue weighted by Crippen LogP contribution is 2.50. The van der Waals surface area contributed by atoms with Gasteiger partial charge in [0, 0.05) is 0 Å². The zero-order chi connectivity index (χ0) is 9.41. The van der Waals surface area contributed by atoms with Gasteiger partial charge in [-0.05, 0) is 42.6 Å². The van der Waals surface area contributed by atoms with Crippen molar-refractivity contribution in [2.45, 2.75) is 47.0 Å². The average Bonchev–Trinajstić information content (AvgIpc) is 2.64. The van der Waals surface area contributed by atoms with Gasteiger partial charge in [0.05, 0.1) is 0 Å². The standard InChI is InChI=1S/C11H23N/c1-10(2,3)7-11(4,8-12)9-5-6-9/h9H,5-8,12H2,1-4H3. The third-order valence-corrected chi connectivity index (χ3v) is 2.96. The smallest absolute Gasteiger partial charge is 0.00203 e. The molecule has 12 heavy (non-hydrogen) atoms. The van der Waals surface area contributed by atoms with Crippen LogP contribution in [0.3, 0.4) is 0 Å². The van der Waals surface area contributed by atoms with Gasteiger partial charge in [-0.3, -0.25) is 0 Å². The second-order valence-electron chi connectivity index (χ2n) is 5.87. The van der Waals surface area contributed by atoms with E-state index in [9.17, 15) is 0 Å². The molecular formula is C11H23N. The van der Waals surface area contributed by atoms with E-state index in [1.807, 2.05) is 0 Å². The first-order valence-corrected chi connectivity index (χ1v) is 5.07. The summed E-state index contributed by atoms with van der Waals surface area (Å²) in [4.78, 5) is 0. The van der Waals surface area contributed by atoms with Gasteiger partial charge in [0.25, 0.3) is 0 Å². The van der Waals surface area contributed by atoms with Crippen LogP contribution >= 0.6 is 0 Å². The molecule has 1 aliphatic rings. The lowest BCUT2D eigenvalue weighted by atomic mass is 9.72. The largest absolute Gasteiger partial charge is 0.330 e. The summed E-state index contributed by atoms with van der Waals surface area (Å²) < 4.78 is 0. The Morgan fingerprint density at radius 1 is 1.17 bits per heavy atom. The Balaban J connectivity index is 2.54. The van der Waals surface area contributed by atoms with Crippen molar-refractivity contribution in [3.63, 3.8) is 0 Å². The van der Waals surface area contributed by atoms with Gasteiger partial charge in [-0.1, -0.05) is 27.7 Å². The molecule has 0 aromatic rings. The van der Waals surface area contributed by atoms with Crippen molar-refractivity contribution in [2.75, 3.05) is 6.54 Å². The summed E-state index contributed by atoms with van der Waals surface area (Å²) in [5.41, 5.74) is 6.70. The zero-order valence-electron chi connectivity index (χ0n) is 8.98. The molecule has 0 aromatic heterocycles. The number of rotatable bonds is 3. The molecule has 0 spiro atoms. The number of nitrogens with two attached hydrogens (primary N) is 1. The second kappa shape index (κ2) is 3.02. The molecule has 0 radical (unpaired) electrons. The summed E-state index contributed by atoms with van der Waals surface area (Å²) in [6.45, 7) is 10.1. The Bertz CT molecular complexity index is 153. The maximum atomic E-state index is 5.86. The lowest BCUT2D eigenvalue weighted by Gasteiger charge is -2.35. The Hall–Kier alpha value is -0.0400. The maximum Gasteiger partial charge on any atom is -0.00203 e. The molecule has 0 bridgehead atoms. The molecule has 1 aliphatic carbocycles. The van der Waals surface area contributed by atoms with E-state index in [0.29, 0.717) is 10.8 Å². The molecule has 1 saturated carbocycles. The van der Waals surface area contributed by atoms with Crippen LogP contribution in [0.2, 0.25) is 0 Å². The molecule has 1 unspecified atom stereocenters. The molecule has 0 aromatic carbocycles. The minimum Gasteiger partial charge on any atom is -0.330 e. The average molecular weight is 169 g/mol. The number of hydrogen-bond acceptors (Lipinski definition) is 1. The van der Waals surface area contributed by atoms with Gasteiger partial charge >= 0.3 is 0 Å². The quantitative estimate of drug-likeness (QED) is 0.690. The fourth-order valence-corrected chi connectivity index (χ4v) is 2.37. The molecule has 1 heteroatoms. The van der Waals surface area contributed by atoms with Gasteiger partial charge in [-0.25, -0.2) is 0 Å². The van der Waals surface area contributed by atoms with Gasteiger partial charge in [0.2, 0.25) is 0 Å². The Kier molecular flexibility index (Phi) is 2.53. The van der Waals surface area contributed by atoms with Crippen molar-refractivity contribution in [1.82, 2.24) is 0 Å². The van der Waals surface area contributed by atoms with Crippen molar-refractivity contribution in [1.29, 1.82) is 0 Å². The highest BCUT2D eigenvalue weighted by atomic mass is 14.6. The van der Waals surface area contributed by atoms with Crippen LogP contribution in [0.1, 0.15) is 47.0 Å². The summed E-state index contributed by atoms with van der Waals surface area (Å²) >= 11 is 0. The monoisotopic (exact) mass is 169 g/mol. The molecule has 1 rings (SSSR count). The van der Waals surface area contributed by atoms with Gasteiger partial charge in [0.15, 0.2) is 0 Å². The Labute approximate surface area is 76.7 Å². The van der Waals surface area contributed by atoms with Crippen LogP contribution in [0.4, 0.5) is 0 Å². The van der Waals surface area contributed by atoms with Crippen LogP contribution in [-0.4, -0.2) is 6.54 Å². The molecule has 1 nitrogen and oxygen atoms in total. The van der Waals surface area contributed by atoms with Crippen LogP contribution in [-0.2, 0) is 0 Å². The van der Waals surface area contributed by atoms with Crippen LogP contribution in [0.5, 0.6) is 0 Å². The molecule has 72 valence electrons. The number of hydrogen-bond donors (Lipinski definition) is 1.